The fourth-order valence-corrected chi connectivity index (χ4v) is 2.70. The van der Waals surface area contributed by atoms with E-state index in [2.05, 4.69) is 20.8 Å². The minimum atomic E-state index is -0.371. The number of carbonyl (C=O) groups is 1. The van der Waals surface area contributed by atoms with Crippen LogP contribution >= 0.6 is 0 Å². The summed E-state index contributed by atoms with van der Waals surface area (Å²) < 4.78 is 23.4. The summed E-state index contributed by atoms with van der Waals surface area (Å²) in [4.78, 5) is 12.3. The number of nitrogens with one attached hydrogen (secondary N) is 2. The normalized spacial score (nSPS) is 11.9. The first-order chi connectivity index (χ1) is 13.7. The molecule has 0 saturated heterocycles. The van der Waals surface area contributed by atoms with Gasteiger partial charge in [-0.15, -0.1) is 10.2 Å². The number of hydrogen-bond acceptors (Lipinski definition) is 6. The van der Waals surface area contributed by atoms with Crippen molar-refractivity contribution in [3.8, 4) is 11.5 Å². The molecule has 4 rings (SSSR count). The van der Waals surface area contributed by atoms with Gasteiger partial charge in [0.15, 0.2) is 17.2 Å². The molecule has 0 bridgehead atoms. The van der Waals surface area contributed by atoms with Crippen molar-refractivity contribution in [2.45, 2.75) is 6.42 Å². The quantitative estimate of drug-likeness (QED) is 0.683. The molecule has 0 spiro atoms. The number of ether oxygens (including phenoxy) is 2. The van der Waals surface area contributed by atoms with E-state index in [1.54, 1.807) is 42.5 Å². The van der Waals surface area contributed by atoms with Crippen LogP contribution in [0.4, 0.5) is 15.9 Å². The number of amides is 1. The minimum absolute atomic E-state index is 0.174. The van der Waals surface area contributed by atoms with Crippen molar-refractivity contribution < 1.29 is 18.7 Å². The van der Waals surface area contributed by atoms with Crippen molar-refractivity contribution in [1.29, 1.82) is 0 Å². The summed E-state index contributed by atoms with van der Waals surface area (Å²) in [6, 6.07) is 14.8. The van der Waals surface area contributed by atoms with E-state index < -0.39 is 0 Å². The van der Waals surface area contributed by atoms with Gasteiger partial charge in [-0.3, -0.25) is 4.79 Å². The molecule has 0 atom stereocenters. The Morgan fingerprint density at radius 3 is 2.61 bits per heavy atom. The zero-order valence-corrected chi connectivity index (χ0v) is 14.8. The molecule has 1 aliphatic heterocycles. The van der Waals surface area contributed by atoms with E-state index in [9.17, 15) is 9.18 Å². The second-order valence-electron chi connectivity index (χ2n) is 6.13. The topological polar surface area (TPSA) is 85.4 Å². The fraction of sp³-hybridized carbons (Fsp3) is 0.150. The molecule has 2 aromatic carbocycles. The molecule has 0 radical (unpaired) electrons. The molecule has 0 fully saturated rings. The Labute approximate surface area is 160 Å². The lowest BCUT2D eigenvalue weighted by molar-refractivity contribution is 0.102. The Hall–Kier alpha value is -3.68. The summed E-state index contributed by atoms with van der Waals surface area (Å²) in [5.41, 5.74) is 1.79. The van der Waals surface area contributed by atoms with E-state index in [-0.39, 0.29) is 24.2 Å². The Bertz CT molecular complexity index is 978. The van der Waals surface area contributed by atoms with Crippen LogP contribution in [0, 0.1) is 5.82 Å². The highest BCUT2D eigenvalue weighted by Gasteiger charge is 2.15. The van der Waals surface area contributed by atoms with Gasteiger partial charge in [-0.1, -0.05) is 12.1 Å². The van der Waals surface area contributed by atoms with E-state index in [0.29, 0.717) is 36.0 Å². The zero-order valence-electron chi connectivity index (χ0n) is 14.8. The molecule has 0 aliphatic carbocycles. The second-order valence-corrected chi connectivity index (χ2v) is 6.13. The predicted molar refractivity (Wildman–Crippen MR) is 101 cm³/mol. The highest BCUT2D eigenvalue weighted by molar-refractivity contribution is 6.03. The summed E-state index contributed by atoms with van der Waals surface area (Å²) in [7, 11) is 0. The molecule has 1 aromatic heterocycles. The number of benzene rings is 2. The minimum Gasteiger partial charge on any atom is -0.454 e. The Kier molecular flexibility index (Phi) is 5.01. The maximum Gasteiger partial charge on any atom is 0.276 e. The third-order valence-corrected chi connectivity index (χ3v) is 4.16. The van der Waals surface area contributed by atoms with E-state index in [1.807, 2.05) is 0 Å². The van der Waals surface area contributed by atoms with Gasteiger partial charge in [0.05, 0.1) is 0 Å². The maximum absolute atomic E-state index is 12.9. The number of hydrogen-bond donors (Lipinski definition) is 2. The molecule has 142 valence electrons. The molecule has 1 amide bonds. The summed E-state index contributed by atoms with van der Waals surface area (Å²) in [6.07, 6.45) is 0.717. The van der Waals surface area contributed by atoms with Gasteiger partial charge in [0.25, 0.3) is 5.91 Å². The average molecular weight is 380 g/mol. The summed E-state index contributed by atoms with van der Waals surface area (Å²) in [5.74, 6) is 1.17. The molecular weight excluding hydrogens is 363 g/mol. The van der Waals surface area contributed by atoms with Crippen molar-refractivity contribution in [3.63, 3.8) is 0 Å². The van der Waals surface area contributed by atoms with Crippen LogP contribution in [0.2, 0.25) is 0 Å². The summed E-state index contributed by atoms with van der Waals surface area (Å²) in [6.45, 7) is 0.789. The maximum atomic E-state index is 12.9. The lowest BCUT2D eigenvalue weighted by Gasteiger charge is -2.07. The van der Waals surface area contributed by atoms with Gasteiger partial charge in [0, 0.05) is 18.3 Å². The van der Waals surface area contributed by atoms with Gasteiger partial charge in [0.2, 0.25) is 6.79 Å². The van der Waals surface area contributed by atoms with Crippen molar-refractivity contribution in [2.24, 2.45) is 0 Å². The average Bonchev–Trinajstić information content (AvgIpc) is 3.18. The smallest absolute Gasteiger partial charge is 0.276 e. The number of rotatable bonds is 6. The zero-order chi connectivity index (χ0) is 19.3. The van der Waals surface area contributed by atoms with Crippen LogP contribution in [0.3, 0.4) is 0 Å². The van der Waals surface area contributed by atoms with Crippen LogP contribution in [-0.4, -0.2) is 29.4 Å². The van der Waals surface area contributed by atoms with Crippen LogP contribution in [-0.2, 0) is 6.42 Å². The number of halogens is 1. The molecule has 2 N–H and O–H groups in total. The van der Waals surface area contributed by atoms with Crippen LogP contribution in [0.5, 0.6) is 11.5 Å². The molecule has 28 heavy (non-hydrogen) atoms. The molecule has 8 heteroatoms. The van der Waals surface area contributed by atoms with Crippen LogP contribution < -0.4 is 20.1 Å². The van der Waals surface area contributed by atoms with Crippen molar-refractivity contribution in [1.82, 2.24) is 10.2 Å². The molecule has 1 aliphatic rings. The molecule has 3 aromatic rings. The highest BCUT2D eigenvalue weighted by Crippen LogP contribution is 2.34. The van der Waals surface area contributed by atoms with Gasteiger partial charge >= 0.3 is 0 Å². The fourth-order valence-electron chi connectivity index (χ4n) is 2.70. The number of fused-ring (bicyclic) bond motifs is 1. The lowest BCUT2D eigenvalue weighted by atomic mass is 10.1. The predicted octanol–water partition coefficient (Wildman–Crippen LogP) is 3.25. The Morgan fingerprint density at radius 1 is 1.00 bits per heavy atom. The molecule has 0 saturated carbocycles. The van der Waals surface area contributed by atoms with Crippen LogP contribution in [0.25, 0.3) is 0 Å². The summed E-state index contributed by atoms with van der Waals surface area (Å²) >= 11 is 0. The molecule has 0 unspecified atom stereocenters. The van der Waals surface area contributed by atoms with E-state index in [0.717, 1.165) is 5.56 Å². The van der Waals surface area contributed by atoms with Crippen LogP contribution in [0.15, 0.2) is 54.6 Å². The van der Waals surface area contributed by atoms with Crippen LogP contribution in [0.1, 0.15) is 16.1 Å². The first-order valence-electron chi connectivity index (χ1n) is 8.70. The van der Waals surface area contributed by atoms with Gasteiger partial charge in [0.1, 0.15) is 11.6 Å². The monoisotopic (exact) mass is 380 g/mol. The first kappa shape index (κ1) is 17.7. The molecule has 7 nitrogen and oxygen atoms in total. The van der Waals surface area contributed by atoms with E-state index >= 15 is 0 Å². The molecular formula is C20H17FN4O3. The summed E-state index contributed by atoms with van der Waals surface area (Å²) in [5, 5.41) is 13.8. The van der Waals surface area contributed by atoms with Crippen molar-refractivity contribution in [2.75, 3.05) is 24.0 Å². The SMILES string of the molecule is O=C(Nc1ccc2c(c1)OCO2)c1ccc(NCCc2ccc(F)cc2)nn1. The number of carbonyl (C=O) groups excluding carboxylic acids is 1. The van der Waals surface area contributed by atoms with Gasteiger partial charge < -0.3 is 20.1 Å². The van der Waals surface area contributed by atoms with E-state index in [1.165, 1.54) is 12.1 Å². The highest BCUT2D eigenvalue weighted by atomic mass is 19.1. The lowest BCUT2D eigenvalue weighted by Crippen LogP contribution is -2.15. The third-order valence-electron chi connectivity index (χ3n) is 4.16. The van der Waals surface area contributed by atoms with Crippen molar-refractivity contribution >= 4 is 17.4 Å². The van der Waals surface area contributed by atoms with Gasteiger partial charge in [-0.2, -0.15) is 0 Å². The largest absolute Gasteiger partial charge is 0.454 e. The third kappa shape index (κ3) is 4.17. The number of nitrogens with zero attached hydrogens (tertiary/aromatic N) is 2. The number of aromatic nitrogens is 2. The van der Waals surface area contributed by atoms with Gasteiger partial charge in [-0.05, 0) is 48.4 Å². The standard InChI is InChI=1S/C20H17FN4O3/c21-14-3-1-13(2-4-14)9-10-22-19-8-6-16(24-25-19)20(26)23-15-5-7-17-18(11-15)28-12-27-17/h1-8,11H,9-10,12H2,(H,22,25)(H,23,26). The van der Waals surface area contributed by atoms with Crippen molar-refractivity contribution in [3.05, 3.63) is 71.7 Å². The Balaban J connectivity index is 1.31. The second kappa shape index (κ2) is 7.91. The first-order valence-corrected chi connectivity index (χ1v) is 8.70. The number of anilines is 2. The van der Waals surface area contributed by atoms with Gasteiger partial charge in [-0.25, -0.2) is 4.39 Å². The molecule has 2 heterocycles. The Morgan fingerprint density at radius 2 is 1.82 bits per heavy atom. The van der Waals surface area contributed by atoms with E-state index in [4.69, 9.17) is 9.47 Å².